The number of carbonyl (C=O) groups excluding carboxylic acids is 2. The lowest BCUT2D eigenvalue weighted by Gasteiger charge is -2.15. The molecule has 0 spiro atoms. The van der Waals surface area contributed by atoms with Crippen molar-refractivity contribution in [1.29, 1.82) is 0 Å². The number of aldehydes is 1. The molecule has 152 valence electrons. The van der Waals surface area contributed by atoms with Crippen LogP contribution in [0.3, 0.4) is 0 Å². The second-order valence-corrected chi connectivity index (χ2v) is 6.80. The molecule has 0 saturated carbocycles. The fraction of sp³-hybridized carbons (Fsp3) is 0.450. The van der Waals surface area contributed by atoms with Crippen LogP contribution in [0, 0.1) is 6.92 Å². The molecule has 1 aromatic heterocycles. The monoisotopic (exact) mass is 390 g/mol. The van der Waals surface area contributed by atoms with Crippen LogP contribution in [0.1, 0.15) is 34.8 Å². The van der Waals surface area contributed by atoms with Gasteiger partial charge in [0.25, 0.3) is 0 Å². The highest BCUT2D eigenvalue weighted by Gasteiger charge is 2.22. The van der Waals surface area contributed by atoms with Crippen LogP contribution in [0.4, 0.5) is 0 Å². The minimum absolute atomic E-state index is 0.0413. The van der Waals surface area contributed by atoms with E-state index in [-0.39, 0.29) is 34.8 Å². The Bertz CT molecular complexity index is 933. The van der Waals surface area contributed by atoms with E-state index in [1.807, 2.05) is 25.9 Å². The number of benzene rings is 1. The third kappa shape index (κ3) is 4.69. The molecule has 1 amide bonds. The molecule has 0 atom stereocenters. The van der Waals surface area contributed by atoms with Crippen molar-refractivity contribution in [2.75, 3.05) is 33.8 Å². The Balaban J connectivity index is 2.51. The van der Waals surface area contributed by atoms with Gasteiger partial charge in [0.1, 0.15) is 11.5 Å². The molecule has 0 unspecified atom stereocenters. The largest absolute Gasteiger partial charge is 0.507 e. The number of rotatable bonds is 9. The average molecular weight is 390 g/mol. The zero-order chi connectivity index (χ0) is 20.8. The lowest BCUT2D eigenvalue weighted by molar-refractivity contribution is -0.120. The molecule has 8 heteroatoms. The smallest absolute Gasteiger partial charge is 0.340 e. The van der Waals surface area contributed by atoms with Crippen molar-refractivity contribution in [1.82, 2.24) is 10.2 Å². The summed E-state index contributed by atoms with van der Waals surface area (Å²) in [6.07, 6.45) is 1.01. The number of phenols is 1. The maximum atomic E-state index is 12.5. The number of hydrogen-bond donors (Lipinski definition) is 2. The predicted molar refractivity (Wildman–Crippen MR) is 105 cm³/mol. The Morgan fingerprint density at radius 3 is 2.71 bits per heavy atom. The highest BCUT2D eigenvalue weighted by Crippen LogP contribution is 2.36. The molecule has 0 radical (unpaired) electrons. The molecule has 0 aliphatic carbocycles. The molecule has 2 N–H and O–H groups in total. The molecule has 8 nitrogen and oxygen atoms in total. The molecule has 1 aromatic carbocycles. The van der Waals surface area contributed by atoms with E-state index in [0.717, 1.165) is 6.42 Å². The van der Waals surface area contributed by atoms with Gasteiger partial charge in [-0.3, -0.25) is 9.59 Å². The summed E-state index contributed by atoms with van der Waals surface area (Å²) in [6, 6.07) is 1.33. The first-order valence-electron chi connectivity index (χ1n) is 9.11. The molecule has 0 aliphatic heterocycles. The summed E-state index contributed by atoms with van der Waals surface area (Å²) in [4.78, 5) is 38.0. The summed E-state index contributed by atoms with van der Waals surface area (Å²) >= 11 is 0. The predicted octanol–water partition coefficient (Wildman–Crippen LogP) is 1.63. The lowest BCUT2D eigenvalue weighted by atomic mass is 10.00. The van der Waals surface area contributed by atoms with Crippen LogP contribution >= 0.6 is 0 Å². The fourth-order valence-electron chi connectivity index (χ4n) is 2.84. The summed E-state index contributed by atoms with van der Waals surface area (Å²) < 4.78 is 11.0. The van der Waals surface area contributed by atoms with Gasteiger partial charge in [-0.05, 0) is 33.0 Å². The first-order chi connectivity index (χ1) is 13.3. The quantitative estimate of drug-likeness (QED) is 0.495. The zero-order valence-electron chi connectivity index (χ0n) is 16.6. The average Bonchev–Trinajstić information content (AvgIpc) is 2.62. The van der Waals surface area contributed by atoms with Crippen LogP contribution in [0.2, 0.25) is 0 Å². The van der Waals surface area contributed by atoms with Crippen LogP contribution in [-0.4, -0.2) is 56.0 Å². The van der Waals surface area contributed by atoms with Gasteiger partial charge in [0, 0.05) is 19.2 Å². The number of carbonyl (C=O) groups is 2. The van der Waals surface area contributed by atoms with Gasteiger partial charge in [-0.1, -0.05) is 6.92 Å². The summed E-state index contributed by atoms with van der Waals surface area (Å²) in [5.74, 6) is -0.331. The standard InChI is InChI=1S/C20H26N2O6/c1-5-8-27-16-10-15(24)14(11-23)19-18(16)12(2)13(20(26)28-19)9-17(25)21-6-7-22(3)4/h10-11,24H,5-9H2,1-4H3,(H,21,25). The van der Waals surface area contributed by atoms with E-state index in [1.54, 1.807) is 6.92 Å². The first-order valence-corrected chi connectivity index (χ1v) is 9.11. The van der Waals surface area contributed by atoms with Crippen LogP contribution < -0.4 is 15.7 Å². The van der Waals surface area contributed by atoms with Gasteiger partial charge in [0.2, 0.25) is 5.91 Å². The van der Waals surface area contributed by atoms with Gasteiger partial charge in [0.15, 0.2) is 11.9 Å². The van der Waals surface area contributed by atoms with Crippen molar-refractivity contribution in [3.63, 3.8) is 0 Å². The molecule has 2 rings (SSSR count). The van der Waals surface area contributed by atoms with Crippen molar-refractivity contribution < 1.29 is 23.8 Å². The maximum absolute atomic E-state index is 12.5. The minimum atomic E-state index is -0.720. The van der Waals surface area contributed by atoms with E-state index in [0.29, 0.717) is 42.7 Å². The molecule has 2 aromatic rings. The van der Waals surface area contributed by atoms with E-state index >= 15 is 0 Å². The molecule has 28 heavy (non-hydrogen) atoms. The van der Waals surface area contributed by atoms with E-state index in [9.17, 15) is 19.5 Å². The van der Waals surface area contributed by atoms with Crippen LogP contribution in [-0.2, 0) is 11.2 Å². The minimum Gasteiger partial charge on any atom is -0.507 e. The second-order valence-electron chi connectivity index (χ2n) is 6.80. The molecular formula is C20H26N2O6. The summed E-state index contributed by atoms with van der Waals surface area (Å²) in [5, 5.41) is 13.2. The molecule has 1 heterocycles. The number of amides is 1. The fourth-order valence-corrected chi connectivity index (χ4v) is 2.84. The Morgan fingerprint density at radius 2 is 2.11 bits per heavy atom. The van der Waals surface area contributed by atoms with Crippen molar-refractivity contribution in [3.8, 4) is 11.5 Å². The first kappa shape index (κ1) is 21.4. The number of ether oxygens (including phenoxy) is 1. The molecule has 0 bridgehead atoms. The van der Waals surface area contributed by atoms with Gasteiger partial charge in [-0.25, -0.2) is 4.79 Å². The molecule has 0 fully saturated rings. The number of fused-ring (bicyclic) bond motifs is 1. The van der Waals surface area contributed by atoms with Gasteiger partial charge in [0.05, 0.1) is 29.5 Å². The number of aryl methyl sites for hydroxylation is 1. The zero-order valence-corrected chi connectivity index (χ0v) is 16.6. The van der Waals surface area contributed by atoms with Gasteiger partial charge in [-0.2, -0.15) is 0 Å². The van der Waals surface area contributed by atoms with Crippen LogP contribution in [0.15, 0.2) is 15.3 Å². The van der Waals surface area contributed by atoms with Crippen molar-refractivity contribution in [3.05, 3.63) is 33.2 Å². The normalized spacial score (nSPS) is 11.0. The highest BCUT2D eigenvalue weighted by atomic mass is 16.5. The summed E-state index contributed by atoms with van der Waals surface area (Å²) in [6.45, 7) is 5.12. The Hall–Kier alpha value is -2.87. The lowest BCUT2D eigenvalue weighted by Crippen LogP contribution is -2.33. The van der Waals surface area contributed by atoms with E-state index in [1.165, 1.54) is 6.07 Å². The summed E-state index contributed by atoms with van der Waals surface area (Å²) in [7, 11) is 3.79. The van der Waals surface area contributed by atoms with Crippen LogP contribution in [0.25, 0.3) is 11.0 Å². The molecular weight excluding hydrogens is 364 g/mol. The SMILES string of the molecule is CCCOc1cc(O)c(C=O)c2oc(=O)c(CC(=O)NCCN(C)C)c(C)c12. The third-order valence-electron chi connectivity index (χ3n) is 4.33. The van der Waals surface area contributed by atoms with Gasteiger partial charge in [-0.15, -0.1) is 0 Å². The summed E-state index contributed by atoms with van der Waals surface area (Å²) in [5.41, 5.74) is -0.203. The number of phenolic OH excluding ortho intramolecular Hbond substituents is 1. The number of aromatic hydroxyl groups is 1. The number of hydrogen-bond acceptors (Lipinski definition) is 7. The Kier molecular flexibility index (Phi) is 7.17. The van der Waals surface area contributed by atoms with Gasteiger partial charge >= 0.3 is 5.63 Å². The topological polar surface area (TPSA) is 109 Å². The van der Waals surface area contributed by atoms with Crippen LogP contribution in [0.5, 0.6) is 11.5 Å². The second kappa shape index (κ2) is 9.36. The molecule has 0 saturated heterocycles. The molecule has 0 aliphatic rings. The number of nitrogens with one attached hydrogen (secondary N) is 1. The number of nitrogens with zero attached hydrogens (tertiary/aromatic N) is 1. The van der Waals surface area contributed by atoms with Crippen molar-refractivity contribution in [2.45, 2.75) is 26.7 Å². The Labute approximate surface area is 163 Å². The van der Waals surface area contributed by atoms with E-state index < -0.39 is 5.63 Å². The number of likely N-dealkylation sites (N-methyl/N-ethyl adjacent to an activating group) is 1. The highest BCUT2D eigenvalue weighted by molar-refractivity contribution is 6.02. The Morgan fingerprint density at radius 1 is 1.39 bits per heavy atom. The van der Waals surface area contributed by atoms with Gasteiger partial charge < -0.3 is 24.5 Å². The maximum Gasteiger partial charge on any atom is 0.340 e. The third-order valence-corrected chi connectivity index (χ3v) is 4.33. The van der Waals surface area contributed by atoms with E-state index in [4.69, 9.17) is 9.15 Å². The van der Waals surface area contributed by atoms with Crippen molar-refractivity contribution in [2.24, 2.45) is 0 Å². The van der Waals surface area contributed by atoms with E-state index in [2.05, 4.69) is 5.32 Å². The van der Waals surface area contributed by atoms with Crippen molar-refractivity contribution >= 4 is 23.2 Å².